The number of aromatic nitrogens is 2. The van der Waals surface area contributed by atoms with Gasteiger partial charge < -0.3 is 11.1 Å². The zero-order valence-electron chi connectivity index (χ0n) is 15.9. The Balaban J connectivity index is 2.27. The summed E-state index contributed by atoms with van der Waals surface area (Å²) < 4.78 is 1.38. The van der Waals surface area contributed by atoms with Gasteiger partial charge in [-0.3, -0.25) is 19.0 Å². The summed E-state index contributed by atoms with van der Waals surface area (Å²) in [5.74, 6) is -0.288. The van der Waals surface area contributed by atoms with Crippen molar-refractivity contribution in [2.24, 2.45) is 5.73 Å². The molecule has 0 aliphatic heterocycles. The summed E-state index contributed by atoms with van der Waals surface area (Å²) in [6.07, 6.45) is 3.56. The monoisotopic (exact) mass is 404 g/mol. The quantitative estimate of drug-likeness (QED) is 0.592. The van der Waals surface area contributed by atoms with Gasteiger partial charge >= 0.3 is 0 Å². The molecule has 1 heterocycles. The van der Waals surface area contributed by atoms with E-state index in [9.17, 15) is 14.4 Å². The van der Waals surface area contributed by atoms with E-state index in [1.165, 1.54) is 10.6 Å². The molecule has 0 unspecified atom stereocenters. The average Bonchev–Trinajstić information content (AvgIpc) is 2.64. The average molecular weight is 405 g/mol. The lowest BCUT2D eigenvalue weighted by molar-refractivity contribution is -0.122. The van der Waals surface area contributed by atoms with Crippen molar-refractivity contribution >= 4 is 23.4 Å². The molecular formula is C20H25ClN4O3. The second-order valence-corrected chi connectivity index (χ2v) is 6.95. The molecule has 0 aliphatic rings. The van der Waals surface area contributed by atoms with Crippen molar-refractivity contribution in [3.8, 4) is 11.3 Å². The summed E-state index contributed by atoms with van der Waals surface area (Å²) in [6.45, 7) is 2.09. The van der Waals surface area contributed by atoms with Crippen molar-refractivity contribution in [1.29, 1.82) is 0 Å². The first-order valence-corrected chi connectivity index (χ1v) is 9.70. The van der Waals surface area contributed by atoms with Crippen molar-refractivity contribution < 1.29 is 9.59 Å². The summed E-state index contributed by atoms with van der Waals surface area (Å²) in [4.78, 5) is 40.3. The van der Waals surface area contributed by atoms with E-state index < -0.39 is 5.91 Å². The normalized spacial score (nSPS) is 10.6. The van der Waals surface area contributed by atoms with E-state index in [4.69, 9.17) is 17.3 Å². The predicted octanol–water partition coefficient (Wildman–Crippen LogP) is 2.29. The molecule has 0 radical (unpaired) electrons. The maximum atomic E-state index is 12.7. The Morgan fingerprint density at radius 3 is 2.57 bits per heavy atom. The largest absolute Gasteiger partial charge is 0.370 e. The first-order chi connectivity index (χ1) is 13.4. The van der Waals surface area contributed by atoms with Crippen molar-refractivity contribution in [3.05, 3.63) is 51.5 Å². The molecular weight excluding hydrogens is 380 g/mol. The number of carbonyl (C=O) groups is 2. The minimum absolute atomic E-state index is 0.0533. The third-order valence-electron chi connectivity index (χ3n) is 4.23. The number of amides is 2. The fourth-order valence-electron chi connectivity index (χ4n) is 2.74. The molecule has 7 nitrogen and oxygen atoms in total. The van der Waals surface area contributed by atoms with Crippen LogP contribution in [0.4, 0.5) is 0 Å². The standard InChI is InChI=1S/C20H25ClN4O3/c1-2-3-4-5-18-24-16(14-6-8-15(21)9-7-14)12-20(28)25(18)13-19(27)23-11-10-17(22)26/h6-9,12H,2-5,10-11,13H2,1H3,(H2,22,26)(H,23,27). The molecule has 3 N–H and O–H groups in total. The maximum Gasteiger partial charge on any atom is 0.254 e. The predicted molar refractivity (Wildman–Crippen MR) is 109 cm³/mol. The lowest BCUT2D eigenvalue weighted by atomic mass is 10.1. The van der Waals surface area contributed by atoms with E-state index in [-0.39, 0.29) is 31.0 Å². The van der Waals surface area contributed by atoms with Crippen LogP contribution in [0.25, 0.3) is 11.3 Å². The Morgan fingerprint density at radius 1 is 1.21 bits per heavy atom. The maximum absolute atomic E-state index is 12.7. The van der Waals surface area contributed by atoms with Crippen molar-refractivity contribution in [2.45, 2.75) is 45.6 Å². The van der Waals surface area contributed by atoms with Crippen LogP contribution in [0.5, 0.6) is 0 Å². The highest BCUT2D eigenvalue weighted by molar-refractivity contribution is 6.30. The molecule has 28 heavy (non-hydrogen) atoms. The second-order valence-electron chi connectivity index (χ2n) is 6.51. The molecule has 150 valence electrons. The SMILES string of the molecule is CCCCCc1nc(-c2ccc(Cl)cc2)cc(=O)n1CC(=O)NCCC(N)=O. The molecule has 2 rings (SSSR count). The van der Waals surface area contributed by atoms with E-state index >= 15 is 0 Å². The van der Waals surface area contributed by atoms with Gasteiger partial charge in [-0.15, -0.1) is 0 Å². The summed E-state index contributed by atoms with van der Waals surface area (Å²) in [6, 6.07) is 8.52. The summed E-state index contributed by atoms with van der Waals surface area (Å²) in [5, 5.41) is 3.20. The molecule has 0 bridgehead atoms. The second kappa shape index (κ2) is 10.6. The van der Waals surface area contributed by atoms with Gasteiger partial charge in [-0.25, -0.2) is 4.98 Å². The van der Waals surface area contributed by atoms with Gasteiger partial charge in [0.25, 0.3) is 5.56 Å². The molecule has 0 fully saturated rings. The molecule has 2 amide bonds. The molecule has 0 atom stereocenters. The Morgan fingerprint density at radius 2 is 1.93 bits per heavy atom. The van der Waals surface area contributed by atoms with E-state index in [1.807, 2.05) is 0 Å². The van der Waals surface area contributed by atoms with Gasteiger partial charge in [-0.1, -0.05) is 43.5 Å². The number of halogens is 1. The molecule has 0 saturated heterocycles. The van der Waals surface area contributed by atoms with Crippen LogP contribution >= 0.6 is 11.6 Å². The smallest absolute Gasteiger partial charge is 0.254 e. The van der Waals surface area contributed by atoms with Crippen LogP contribution in [0.1, 0.15) is 38.4 Å². The van der Waals surface area contributed by atoms with E-state index in [0.29, 0.717) is 23.0 Å². The minimum atomic E-state index is -0.494. The zero-order valence-corrected chi connectivity index (χ0v) is 16.7. The third kappa shape index (κ3) is 6.49. The number of nitrogens with two attached hydrogens (primary N) is 1. The highest BCUT2D eigenvalue weighted by Gasteiger charge is 2.13. The molecule has 0 spiro atoms. The number of nitrogens with one attached hydrogen (secondary N) is 1. The summed E-state index contributed by atoms with van der Waals surface area (Å²) in [7, 11) is 0. The van der Waals surface area contributed by atoms with Crippen LogP contribution in [0.2, 0.25) is 5.02 Å². The van der Waals surface area contributed by atoms with Crippen LogP contribution < -0.4 is 16.6 Å². The highest BCUT2D eigenvalue weighted by atomic mass is 35.5. The first-order valence-electron chi connectivity index (χ1n) is 9.32. The minimum Gasteiger partial charge on any atom is -0.370 e. The lowest BCUT2D eigenvalue weighted by Gasteiger charge is -2.14. The fourth-order valence-corrected chi connectivity index (χ4v) is 2.87. The van der Waals surface area contributed by atoms with Gasteiger partial charge in [0.2, 0.25) is 11.8 Å². The zero-order chi connectivity index (χ0) is 20.5. The number of hydrogen-bond acceptors (Lipinski definition) is 4. The van der Waals surface area contributed by atoms with Gasteiger partial charge in [-0.05, 0) is 18.6 Å². The number of hydrogen-bond donors (Lipinski definition) is 2. The van der Waals surface area contributed by atoms with E-state index in [1.54, 1.807) is 24.3 Å². The molecule has 0 saturated carbocycles. The number of carbonyl (C=O) groups excluding carboxylic acids is 2. The Kier molecular flexibility index (Phi) is 8.19. The van der Waals surface area contributed by atoms with Crippen LogP contribution in [0, 0.1) is 0 Å². The van der Waals surface area contributed by atoms with Crippen molar-refractivity contribution in [3.63, 3.8) is 0 Å². The van der Waals surface area contributed by atoms with Crippen LogP contribution in [0.15, 0.2) is 35.1 Å². The Hall–Kier alpha value is -2.67. The third-order valence-corrected chi connectivity index (χ3v) is 4.48. The fraction of sp³-hybridized carbons (Fsp3) is 0.400. The number of primary amides is 1. The summed E-state index contributed by atoms with van der Waals surface area (Å²) >= 11 is 5.93. The van der Waals surface area contributed by atoms with Crippen LogP contribution in [0.3, 0.4) is 0 Å². The highest BCUT2D eigenvalue weighted by Crippen LogP contribution is 2.19. The lowest BCUT2D eigenvalue weighted by Crippen LogP contribution is -2.35. The topological polar surface area (TPSA) is 107 Å². The van der Waals surface area contributed by atoms with Crippen molar-refractivity contribution in [2.75, 3.05) is 6.54 Å². The van der Waals surface area contributed by atoms with Crippen LogP contribution in [-0.2, 0) is 22.6 Å². The van der Waals surface area contributed by atoms with Gasteiger partial charge in [0.15, 0.2) is 0 Å². The van der Waals surface area contributed by atoms with Gasteiger partial charge in [-0.2, -0.15) is 0 Å². The molecule has 2 aromatic rings. The first kappa shape index (κ1) is 21.6. The number of nitrogens with zero attached hydrogens (tertiary/aromatic N) is 2. The number of benzene rings is 1. The Bertz CT molecular complexity index is 878. The number of aryl methyl sites for hydroxylation is 1. The van der Waals surface area contributed by atoms with Crippen molar-refractivity contribution in [1.82, 2.24) is 14.9 Å². The van der Waals surface area contributed by atoms with Gasteiger partial charge in [0.05, 0.1) is 5.69 Å². The molecule has 0 aliphatic carbocycles. The van der Waals surface area contributed by atoms with Crippen LogP contribution in [-0.4, -0.2) is 27.9 Å². The van der Waals surface area contributed by atoms with Gasteiger partial charge in [0.1, 0.15) is 12.4 Å². The number of rotatable bonds is 10. The molecule has 8 heteroatoms. The Labute approximate surface area is 168 Å². The number of unbranched alkanes of at least 4 members (excludes halogenated alkanes) is 2. The summed E-state index contributed by atoms with van der Waals surface area (Å²) in [5.41, 5.74) is 6.11. The van der Waals surface area contributed by atoms with E-state index in [2.05, 4.69) is 17.2 Å². The molecule has 1 aromatic heterocycles. The molecule has 1 aromatic carbocycles. The van der Waals surface area contributed by atoms with Gasteiger partial charge in [0, 0.05) is 36.0 Å². The van der Waals surface area contributed by atoms with E-state index in [0.717, 1.165) is 24.8 Å².